The third-order valence-electron chi connectivity index (χ3n) is 4.48. The Bertz CT molecular complexity index is 559. The lowest BCUT2D eigenvalue weighted by Gasteiger charge is -2.35. The van der Waals surface area contributed by atoms with Crippen molar-refractivity contribution in [1.29, 1.82) is 0 Å². The molecule has 0 spiro atoms. The molecule has 2 N–H and O–H groups in total. The second-order valence-corrected chi connectivity index (χ2v) is 6.33. The van der Waals surface area contributed by atoms with E-state index in [0.29, 0.717) is 12.2 Å². The lowest BCUT2D eigenvalue weighted by molar-refractivity contribution is 0.270. The molecular formula is C19H33FIN5. The Morgan fingerprint density at radius 1 is 1.12 bits per heavy atom. The minimum atomic E-state index is -0.149. The van der Waals surface area contributed by atoms with E-state index in [9.17, 15) is 4.39 Å². The highest BCUT2D eigenvalue weighted by molar-refractivity contribution is 14.0. The number of halogens is 2. The Morgan fingerprint density at radius 3 is 2.42 bits per heavy atom. The van der Waals surface area contributed by atoms with E-state index in [0.717, 1.165) is 63.8 Å². The summed E-state index contributed by atoms with van der Waals surface area (Å²) in [5.74, 6) is 0.633. The predicted molar refractivity (Wildman–Crippen MR) is 119 cm³/mol. The van der Waals surface area contributed by atoms with Crippen LogP contribution in [0.15, 0.2) is 23.2 Å². The Balaban J connectivity index is 0.00000338. The zero-order chi connectivity index (χ0) is 18.1. The Hall–Kier alpha value is -1.09. The van der Waals surface area contributed by atoms with Gasteiger partial charge in [-0.15, -0.1) is 24.0 Å². The minimum absolute atomic E-state index is 0. The molecule has 1 aromatic carbocycles. The van der Waals surface area contributed by atoms with Gasteiger partial charge in [-0.2, -0.15) is 0 Å². The fraction of sp³-hybridized carbons (Fsp3) is 0.632. The molecule has 0 amide bonds. The first kappa shape index (κ1) is 23.0. The van der Waals surface area contributed by atoms with Crippen LogP contribution in [0.2, 0.25) is 0 Å². The summed E-state index contributed by atoms with van der Waals surface area (Å²) in [5.41, 5.74) is 1.60. The lowest BCUT2D eigenvalue weighted by Crippen LogP contribution is -2.46. The number of nitrogens with one attached hydrogen (secondary N) is 2. The van der Waals surface area contributed by atoms with Crippen molar-refractivity contribution in [2.24, 2.45) is 4.99 Å². The van der Waals surface area contributed by atoms with E-state index in [2.05, 4.69) is 39.3 Å². The maximum atomic E-state index is 14.6. The van der Waals surface area contributed by atoms with Gasteiger partial charge < -0.3 is 20.4 Å². The minimum Gasteiger partial charge on any atom is -0.367 e. The van der Waals surface area contributed by atoms with Crippen molar-refractivity contribution in [3.63, 3.8) is 0 Å². The highest BCUT2D eigenvalue weighted by Gasteiger charge is 2.18. The van der Waals surface area contributed by atoms with Crippen LogP contribution >= 0.6 is 24.0 Å². The normalized spacial score (nSPS) is 15.5. The van der Waals surface area contributed by atoms with Crippen LogP contribution in [0.3, 0.4) is 0 Å². The van der Waals surface area contributed by atoms with E-state index in [1.807, 2.05) is 19.1 Å². The summed E-state index contributed by atoms with van der Waals surface area (Å²) < 4.78 is 14.6. The molecule has 0 aromatic heterocycles. The Labute approximate surface area is 174 Å². The molecular weight excluding hydrogens is 444 g/mol. The van der Waals surface area contributed by atoms with E-state index in [1.165, 1.54) is 0 Å². The van der Waals surface area contributed by atoms with Crippen molar-refractivity contribution >= 4 is 35.6 Å². The number of aliphatic imine (C=N–C) groups is 1. The van der Waals surface area contributed by atoms with Gasteiger partial charge in [-0.3, -0.25) is 0 Å². The van der Waals surface area contributed by atoms with Crippen molar-refractivity contribution in [3.05, 3.63) is 29.6 Å². The number of nitrogens with zero attached hydrogens (tertiary/aromatic N) is 3. The molecule has 1 aromatic rings. The average molecular weight is 477 g/mol. The number of anilines is 1. The van der Waals surface area contributed by atoms with Gasteiger partial charge in [0.15, 0.2) is 5.96 Å². The van der Waals surface area contributed by atoms with Gasteiger partial charge in [-0.1, -0.05) is 19.9 Å². The van der Waals surface area contributed by atoms with Gasteiger partial charge in [-0.25, -0.2) is 9.38 Å². The summed E-state index contributed by atoms with van der Waals surface area (Å²) in [4.78, 5) is 9.07. The van der Waals surface area contributed by atoms with Crippen molar-refractivity contribution in [1.82, 2.24) is 15.5 Å². The second-order valence-electron chi connectivity index (χ2n) is 6.33. The lowest BCUT2D eigenvalue weighted by atomic mass is 10.1. The van der Waals surface area contributed by atoms with Crippen molar-refractivity contribution in [2.45, 2.75) is 33.7 Å². The molecule has 148 valence electrons. The van der Waals surface area contributed by atoms with Crippen LogP contribution in [0.5, 0.6) is 0 Å². The van der Waals surface area contributed by atoms with E-state index < -0.39 is 0 Å². The van der Waals surface area contributed by atoms with Gasteiger partial charge in [0.25, 0.3) is 0 Å². The summed E-state index contributed by atoms with van der Waals surface area (Å²) >= 11 is 0. The van der Waals surface area contributed by atoms with Crippen LogP contribution in [0.4, 0.5) is 10.1 Å². The number of hydrogen-bond donors (Lipinski definition) is 2. The smallest absolute Gasteiger partial charge is 0.191 e. The third-order valence-corrected chi connectivity index (χ3v) is 4.48. The van der Waals surface area contributed by atoms with Gasteiger partial charge >= 0.3 is 0 Å². The average Bonchev–Trinajstić information content (AvgIpc) is 2.64. The van der Waals surface area contributed by atoms with Crippen LogP contribution in [0, 0.1) is 5.82 Å². The molecule has 1 aliphatic rings. The first-order chi connectivity index (χ1) is 12.2. The number of guanidine groups is 1. The third kappa shape index (κ3) is 6.90. The van der Waals surface area contributed by atoms with Crippen LogP contribution < -0.4 is 15.5 Å². The fourth-order valence-corrected chi connectivity index (χ4v) is 2.97. The summed E-state index contributed by atoms with van der Waals surface area (Å²) in [6.45, 7) is 13.3. The molecule has 0 radical (unpaired) electrons. The van der Waals surface area contributed by atoms with Gasteiger partial charge in [0.05, 0.1) is 12.2 Å². The van der Waals surface area contributed by atoms with Crippen molar-refractivity contribution < 1.29 is 4.39 Å². The number of hydrogen-bond acceptors (Lipinski definition) is 3. The van der Waals surface area contributed by atoms with Crippen LogP contribution in [0.1, 0.15) is 32.8 Å². The molecule has 1 heterocycles. The van der Waals surface area contributed by atoms with Crippen LogP contribution in [-0.2, 0) is 6.54 Å². The summed E-state index contributed by atoms with van der Waals surface area (Å²) in [7, 11) is 0. The molecule has 1 fully saturated rings. The molecule has 0 aliphatic carbocycles. The molecule has 0 saturated carbocycles. The predicted octanol–water partition coefficient (Wildman–Crippen LogP) is 3.05. The fourth-order valence-electron chi connectivity index (χ4n) is 2.97. The monoisotopic (exact) mass is 477 g/mol. The van der Waals surface area contributed by atoms with Crippen LogP contribution in [0.25, 0.3) is 0 Å². The SMILES string of the molecule is CCCNC(=NCc1ccc(N2CCN(CC)CC2)c(F)c1)NCC.I. The highest BCUT2D eigenvalue weighted by Crippen LogP contribution is 2.22. The second kappa shape index (κ2) is 12.3. The highest BCUT2D eigenvalue weighted by atomic mass is 127. The first-order valence-electron chi connectivity index (χ1n) is 9.45. The zero-order valence-electron chi connectivity index (χ0n) is 16.2. The zero-order valence-corrected chi connectivity index (χ0v) is 18.6. The van der Waals surface area contributed by atoms with E-state index >= 15 is 0 Å². The Kier molecular flexibility index (Phi) is 10.9. The van der Waals surface area contributed by atoms with Gasteiger partial charge in [-0.05, 0) is 37.6 Å². The summed E-state index contributed by atoms with van der Waals surface area (Å²) in [5, 5.41) is 6.47. The number of rotatable bonds is 7. The molecule has 1 saturated heterocycles. The van der Waals surface area contributed by atoms with E-state index in [-0.39, 0.29) is 29.8 Å². The quantitative estimate of drug-likeness (QED) is 0.360. The van der Waals surface area contributed by atoms with Gasteiger partial charge in [0.1, 0.15) is 5.82 Å². The summed E-state index contributed by atoms with van der Waals surface area (Å²) in [6, 6.07) is 5.50. The van der Waals surface area contributed by atoms with Gasteiger partial charge in [0.2, 0.25) is 0 Å². The molecule has 5 nitrogen and oxygen atoms in total. The standard InChI is InChI=1S/C19H32FN5.HI/c1-4-9-22-19(21-5-2)23-15-16-7-8-18(17(20)14-16)25-12-10-24(6-3)11-13-25;/h7-8,14H,4-6,9-13,15H2,1-3H3,(H2,21,22,23);1H. The molecule has 0 atom stereocenters. The largest absolute Gasteiger partial charge is 0.367 e. The van der Waals surface area contributed by atoms with Crippen molar-refractivity contribution in [2.75, 3.05) is 50.7 Å². The number of piperazine rings is 1. The Morgan fingerprint density at radius 2 is 1.85 bits per heavy atom. The molecule has 2 rings (SSSR count). The number of likely N-dealkylation sites (N-methyl/N-ethyl adjacent to an activating group) is 1. The van der Waals surface area contributed by atoms with Gasteiger partial charge in [0, 0.05) is 39.3 Å². The summed E-state index contributed by atoms with van der Waals surface area (Å²) in [6.07, 6.45) is 1.04. The molecule has 0 unspecified atom stereocenters. The maximum Gasteiger partial charge on any atom is 0.191 e. The maximum absolute atomic E-state index is 14.6. The van der Waals surface area contributed by atoms with Crippen molar-refractivity contribution in [3.8, 4) is 0 Å². The number of benzene rings is 1. The molecule has 7 heteroatoms. The van der Waals surface area contributed by atoms with Crippen LogP contribution in [-0.4, -0.2) is 56.7 Å². The first-order valence-corrected chi connectivity index (χ1v) is 9.45. The van der Waals surface area contributed by atoms with E-state index in [4.69, 9.17) is 0 Å². The molecule has 1 aliphatic heterocycles. The molecule has 0 bridgehead atoms. The van der Waals surface area contributed by atoms with E-state index in [1.54, 1.807) is 6.07 Å². The topological polar surface area (TPSA) is 42.9 Å². The molecule has 26 heavy (non-hydrogen) atoms.